The first-order valence-electron chi connectivity index (χ1n) is 22.4. The molecule has 60 heavy (non-hydrogen) atoms. The summed E-state index contributed by atoms with van der Waals surface area (Å²) in [6.07, 6.45) is 0. The van der Waals surface area contributed by atoms with Crippen LogP contribution in [0.3, 0.4) is 0 Å². The maximum Gasteiger partial charge on any atom is 0.333 e. The molecule has 304 valence electrons. The molecule has 0 aliphatic carbocycles. The lowest BCUT2D eigenvalue weighted by Crippen LogP contribution is -2.55. The van der Waals surface area contributed by atoms with Crippen molar-refractivity contribution in [2.45, 2.75) is 138 Å². The number of benzene rings is 6. The van der Waals surface area contributed by atoms with Crippen LogP contribution in [0.15, 0.2) is 91.0 Å². The predicted molar refractivity (Wildman–Crippen MR) is 263 cm³/mol. The van der Waals surface area contributed by atoms with Gasteiger partial charge in [0.15, 0.2) is 0 Å². The van der Waals surface area contributed by atoms with Gasteiger partial charge in [-0.2, -0.15) is 0 Å². The standard InChI is InChI=1S/C57H63BN2/c1-32-23-37(55(8,9)10)27-44-45-30-39(57(14,15)16)31-46-52(45)59(50(32)44)48-25-34(33-17-19-35(20-18-33)53(2,3)4)24-41-43-29-38(56(11,12)13)28-42-40-26-36(54(5,6)7)21-22-47(40)60(51(42)43)58(46)49(41)48/h17-31H,1-16H3. The zero-order valence-electron chi connectivity index (χ0n) is 39.1. The molecular weight excluding hydrogens is 723 g/mol. The van der Waals surface area contributed by atoms with E-state index in [2.05, 4.69) is 211 Å². The Morgan fingerprint density at radius 2 is 0.900 bits per heavy atom. The smallest absolute Gasteiger partial charge is 0.333 e. The maximum absolute atomic E-state index is 2.76. The molecular formula is C57H63BN2. The average Bonchev–Trinajstić information content (AvgIpc) is 3.66. The Morgan fingerprint density at radius 3 is 1.48 bits per heavy atom. The SMILES string of the molecule is Cc1cc(C(C)(C)C)cc2c3cc(C(C)(C)C)cc4c3n(c12)-c1cc(-c2ccc(C(C)(C)C)cc2)cc2c1B4n1c3ccc(C(C)(C)C)cc3c3cc(C(C)(C)C)cc-2c31. The van der Waals surface area contributed by atoms with E-state index in [4.69, 9.17) is 0 Å². The van der Waals surface area contributed by atoms with Crippen LogP contribution in [0, 0.1) is 6.92 Å². The fourth-order valence-corrected chi connectivity index (χ4v) is 10.5. The third kappa shape index (κ3) is 5.59. The summed E-state index contributed by atoms with van der Waals surface area (Å²) in [6.45, 7) is 37.6. The number of hydrogen-bond acceptors (Lipinski definition) is 0. The quantitative estimate of drug-likeness (QED) is 0.147. The molecule has 3 heteroatoms. The lowest BCUT2D eigenvalue weighted by molar-refractivity contribution is 0.590. The minimum absolute atomic E-state index is 0.00444. The van der Waals surface area contributed by atoms with Crippen LogP contribution in [0.4, 0.5) is 0 Å². The highest BCUT2D eigenvalue weighted by atomic mass is 15.0. The Labute approximate surface area is 359 Å². The molecule has 0 spiro atoms. The van der Waals surface area contributed by atoms with Crippen molar-refractivity contribution in [1.29, 1.82) is 0 Å². The van der Waals surface area contributed by atoms with E-state index in [1.807, 2.05) is 0 Å². The highest BCUT2D eigenvalue weighted by molar-refractivity contribution is 6.90. The topological polar surface area (TPSA) is 9.86 Å². The van der Waals surface area contributed by atoms with E-state index in [9.17, 15) is 0 Å². The molecule has 10 rings (SSSR count). The van der Waals surface area contributed by atoms with Gasteiger partial charge in [0, 0.05) is 43.8 Å². The van der Waals surface area contributed by atoms with Crippen molar-refractivity contribution < 1.29 is 0 Å². The van der Waals surface area contributed by atoms with Crippen LogP contribution >= 0.6 is 0 Å². The maximum atomic E-state index is 2.76. The van der Waals surface area contributed by atoms with Crippen molar-refractivity contribution >= 4 is 61.4 Å². The van der Waals surface area contributed by atoms with Crippen molar-refractivity contribution in [3.8, 4) is 27.9 Å². The molecule has 0 saturated carbocycles. The second-order valence-electron chi connectivity index (χ2n) is 23.7. The van der Waals surface area contributed by atoms with Crippen LogP contribution in [0.2, 0.25) is 0 Å². The molecule has 0 N–H and O–H groups in total. The van der Waals surface area contributed by atoms with Crippen molar-refractivity contribution in [2.75, 3.05) is 0 Å². The van der Waals surface area contributed by atoms with Gasteiger partial charge in [-0.25, -0.2) is 0 Å². The van der Waals surface area contributed by atoms with Crippen LogP contribution < -0.4 is 10.9 Å². The summed E-state index contributed by atoms with van der Waals surface area (Å²) in [5.41, 5.74) is 23.0. The van der Waals surface area contributed by atoms with E-state index >= 15 is 0 Å². The molecule has 8 aromatic rings. The van der Waals surface area contributed by atoms with Crippen LogP contribution in [0.1, 0.15) is 137 Å². The van der Waals surface area contributed by atoms with Crippen molar-refractivity contribution in [3.05, 3.63) is 124 Å². The summed E-state index contributed by atoms with van der Waals surface area (Å²) in [5, 5.41) is 5.45. The summed E-state index contributed by atoms with van der Waals surface area (Å²) in [7, 11) is 0. The highest BCUT2D eigenvalue weighted by Gasteiger charge is 2.43. The summed E-state index contributed by atoms with van der Waals surface area (Å²) in [4.78, 5) is 0. The van der Waals surface area contributed by atoms with Gasteiger partial charge in [0.1, 0.15) is 0 Å². The Hall–Kier alpha value is -5.02. The molecule has 0 fully saturated rings. The molecule has 4 heterocycles. The van der Waals surface area contributed by atoms with Gasteiger partial charge >= 0.3 is 6.85 Å². The van der Waals surface area contributed by atoms with Gasteiger partial charge in [0.05, 0.1) is 11.0 Å². The molecule has 2 aliphatic rings. The molecule has 0 unspecified atom stereocenters. The number of aromatic nitrogens is 2. The summed E-state index contributed by atoms with van der Waals surface area (Å²) in [5.74, 6) is 0. The molecule has 0 bridgehead atoms. The van der Waals surface area contributed by atoms with Crippen LogP contribution in [-0.4, -0.2) is 15.9 Å². The molecule has 0 radical (unpaired) electrons. The van der Waals surface area contributed by atoms with E-state index in [1.54, 1.807) is 0 Å². The van der Waals surface area contributed by atoms with Gasteiger partial charge in [-0.05, 0) is 144 Å². The molecule has 2 aliphatic heterocycles. The number of nitrogens with zero attached hydrogens (tertiary/aromatic N) is 2. The van der Waals surface area contributed by atoms with Gasteiger partial charge < -0.3 is 9.05 Å². The normalized spacial score (nSPS) is 14.3. The highest BCUT2D eigenvalue weighted by Crippen LogP contribution is 2.48. The largest absolute Gasteiger partial charge is 0.375 e. The van der Waals surface area contributed by atoms with Crippen molar-refractivity contribution in [1.82, 2.24) is 9.05 Å². The molecule has 0 atom stereocenters. The molecule has 0 amide bonds. The Bertz CT molecular complexity index is 3150. The predicted octanol–water partition coefficient (Wildman–Crippen LogP) is 14.3. The molecule has 0 saturated heterocycles. The second-order valence-corrected chi connectivity index (χ2v) is 23.7. The molecule has 2 nitrogen and oxygen atoms in total. The van der Waals surface area contributed by atoms with Crippen LogP contribution in [0.25, 0.3) is 71.6 Å². The zero-order chi connectivity index (χ0) is 43.0. The zero-order valence-corrected chi connectivity index (χ0v) is 39.1. The number of hydrogen-bond donors (Lipinski definition) is 0. The van der Waals surface area contributed by atoms with Gasteiger partial charge in [-0.1, -0.05) is 146 Å². The first kappa shape index (κ1) is 39.1. The Kier molecular flexibility index (Phi) is 7.88. The van der Waals surface area contributed by atoms with E-state index in [-0.39, 0.29) is 33.9 Å². The van der Waals surface area contributed by atoms with E-state index in [0.29, 0.717) is 0 Å². The Morgan fingerprint density at radius 1 is 0.400 bits per heavy atom. The number of rotatable bonds is 1. The summed E-state index contributed by atoms with van der Waals surface area (Å²) < 4.78 is 5.45. The minimum Gasteiger partial charge on any atom is -0.375 e. The lowest BCUT2D eigenvalue weighted by Gasteiger charge is -2.36. The van der Waals surface area contributed by atoms with E-state index < -0.39 is 0 Å². The fraction of sp³-hybridized carbons (Fsp3) is 0.368. The third-order valence-corrected chi connectivity index (χ3v) is 14.1. The third-order valence-electron chi connectivity index (χ3n) is 14.1. The number of aryl methyl sites for hydroxylation is 1. The van der Waals surface area contributed by atoms with Crippen LogP contribution in [0.5, 0.6) is 0 Å². The molecule has 2 aromatic heterocycles. The van der Waals surface area contributed by atoms with Gasteiger partial charge in [0.2, 0.25) is 0 Å². The van der Waals surface area contributed by atoms with Crippen molar-refractivity contribution in [3.63, 3.8) is 0 Å². The number of fused-ring (bicyclic) bond motifs is 10. The fourth-order valence-electron chi connectivity index (χ4n) is 10.5. The lowest BCUT2D eigenvalue weighted by atomic mass is 9.45. The molecule has 6 aromatic carbocycles. The van der Waals surface area contributed by atoms with E-state index in [1.165, 1.54) is 116 Å². The average molecular weight is 787 g/mol. The summed E-state index contributed by atoms with van der Waals surface area (Å²) >= 11 is 0. The monoisotopic (exact) mass is 787 g/mol. The Balaban J connectivity index is 1.44. The first-order chi connectivity index (χ1) is 27.8. The first-order valence-corrected chi connectivity index (χ1v) is 22.4. The van der Waals surface area contributed by atoms with Crippen LogP contribution in [-0.2, 0) is 27.1 Å². The minimum atomic E-state index is -0.0359. The van der Waals surface area contributed by atoms with Gasteiger partial charge in [0.25, 0.3) is 0 Å². The van der Waals surface area contributed by atoms with Gasteiger partial charge in [-0.3, -0.25) is 0 Å². The second kappa shape index (κ2) is 12.1. The van der Waals surface area contributed by atoms with Gasteiger partial charge in [-0.15, -0.1) is 0 Å². The summed E-state index contributed by atoms with van der Waals surface area (Å²) in [6, 6.07) is 37.0. The van der Waals surface area contributed by atoms with Crippen molar-refractivity contribution in [2.24, 2.45) is 0 Å². The van der Waals surface area contributed by atoms with E-state index in [0.717, 1.165) is 0 Å².